The van der Waals surface area contributed by atoms with E-state index in [2.05, 4.69) is 30.7 Å². The maximum absolute atomic E-state index is 14.2. The average molecular weight is 389 g/mol. The van der Waals surface area contributed by atoms with Crippen LogP contribution in [0.5, 0.6) is 0 Å². The summed E-state index contributed by atoms with van der Waals surface area (Å²) in [4.78, 5) is 12.8. The van der Waals surface area contributed by atoms with Crippen LogP contribution in [0.1, 0.15) is 24.8 Å². The Hall–Kier alpha value is -3.39. The smallest absolute Gasteiger partial charge is 0.200 e. The fourth-order valence-electron chi connectivity index (χ4n) is 3.39. The van der Waals surface area contributed by atoms with E-state index in [1.54, 1.807) is 23.0 Å². The molecule has 4 aromatic heterocycles. The lowest BCUT2D eigenvalue weighted by molar-refractivity contribution is 0.338. The van der Waals surface area contributed by atoms with Gasteiger partial charge in [0.05, 0.1) is 11.9 Å². The molecule has 1 fully saturated rings. The quantitative estimate of drug-likeness (QED) is 0.523. The second kappa shape index (κ2) is 7.56. The molecule has 1 saturated carbocycles. The summed E-state index contributed by atoms with van der Waals surface area (Å²) in [5.41, 5.74) is 2.83. The van der Waals surface area contributed by atoms with Crippen LogP contribution >= 0.6 is 0 Å². The predicted octanol–water partition coefficient (Wildman–Crippen LogP) is 3.71. The average Bonchev–Trinajstić information content (AvgIpc) is 3.12. The summed E-state index contributed by atoms with van der Waals surface area (Å²) in [6.45, 7) is 0.709. The summed E-state index contributed by atoms with van der Waals surface area (Å²) < 4.78 is 16.0. The van der Waals surface area contributed by atoms with Gasteiger partial charge in [-0.25, -0.2) is 13.9 Å². The van der Waals surface area contributed by atoms with Gasteiger partial charge < -0.3 is 10.6 Å². The van der Waals surface area contributed by atoms with Crippen molar-refractivity contribution in [3.63, 3.8) is 0 Å². The zero-order valence-corrected chi connectivity index (χ0v) is 15.7. The SMILES string of the molecule is Fc1cnccc1Nc1nc(-c2ccccn2)nn2ccc(CNC3CCC3)c12. The van der Waals surface area contributed by atoms with Gasteiger partial charge >= 0.3 is 0 Å². The summed E-state index contributed by atoms with van der Waals surface area (Å²) in [7, 11) is 0. The molecule has 1 aliphatic rings. The van der Waals surface area contributed by atoms with E-state index >= 15 is 0 Å². The third-order valence-corrected chi connectivity index (χ3v) is 5.20. The van der Waals surface area contributed by atoms with Crippen LogP contribution in [-0.4, -0.2) is 30.6 Å². The number of hydrogen-bond acceptors (Lipinski definition) is 6. The Balaban J connectivity index is 1.59. The molecule has 0 spiro atoms. The monoisotopic (exact) mass is 389 g/mol. The summed E-state index contributed by atoms with van der Waals surface area (Å²) in [6, 6.07) is 9.74. The summed E-state index contributed by atoms with van der Waals surface area (Å²) in [5.74, 6) is 0.551. The van der Waals surface area contributed by atoms with Crippen LogP contribution in [0.4, 0.5) is 15.9 Å². The highest BCUT2D eigenvalue weighted by Gasteiger charge is 2.19. The van der Waals surface area contributed by atoms with E-state index in [1.807, 2.05) is 30.5 Å². The number of anilines is 2. The molecule has 5 rings (SSSR count). The van der Waals surface area contributed by atoms with Crippen molar-refractivity contribution in [3.05, 3.63) is 66.5 Å². The number of pyridine rings is 2. The maximum Gasteiger partial charge on any atom is 0.200 e. The van der Waals surface area contributed by atoms with Crippen molar-refractivity contribution in [1.82, 2.24) is 29.9 Å². The molecule has 4 heterocycles. The van der Waals surface area contributed by atoms with Crippen LogP contribution in [0.3, 0.4) is 0 Å². The Morgan fingerprint density at radius 2 is 2.07 bits per heavy atom. The molecule has 1 aliphatic carbocycles. The molecule has 0 amide bonds. The molecule has 0 aromatic carbocycles. The number of nitrogens with zero attached hydrogens (tertiary/aromatic N) is 5. The van der Waals surface area contributed by atoms with Crippen molar-refractivity contribution in [3.8, 4) is 11.5 Å². The Bertz CT molecular complexity index is 1140. The van der Waals surface area contributed by atoms with Gasteiger partial charge in [0, 0.05) is 31.2 Å². The third kappa shape index (κ3) is 3.54. The summed E-state index contributed by atoms with van der Waals surface area (Å²) in [5, 5.41) is 11.3. The Morgan fingerprint density at radius 1 is 1.14 bits per heavy atom. The van der Waals surface area contributed by atoms with Gasteiger partial charge in [-0.2, -0.15) is 0 Å². The largest absolute Gasteiger partial charge is 0.336 e. The number of hydrogen-bond donors (Lipinski definition) is 2. The van der Waals surface area contributed by atoms with Crippen LogP contribution in [-0.2, 0) is 6.54 Å². The molecule has 8 heteroatoms. The first-order chi connectivity index (χ1) is 14.3. The van der Waals surface area contributed by atoms with Gasteiger partial charge in [-0.1, -0.05) is 12.5 Å². The van der Waals surface area contributed by atoms with Gasteiger partial charge in [0.25, 0.3) is 0 Å². The van der Waals surface area contributed by atoms with E-state index in [-0.39, 0.29) is 0 Å². The molecule has 146 valence electrons. The van der Waals surface area contributed by atoms with Crippen molar-refractivity contribution in [2.24, 2.45) is 0 Å². The fraction of sp³-hybridized carbons (Fsp3) is 0.238. The van der Waals surface area contributed by atoms with Crippen LogP contribution in [0.25, 0.3) is 17.0 Å². The topological polar surface area (TPSA) is 80.0 Å². The van der Waals surface area contributed by atoms with E-state index < -0.39 is 5.82 Å². The lowest BCUT2D eigenvalue weighted by Crippen LogP contribution is -2.34. The van der Waals surface area contributed by atoms with Crippen molar-refractivity contribution in [1.29, 1.82) is 0 Å². The van der Waals surface area contributed by atoms with Crippen molar-refractivity contribution >= 4 is 17.0 Å². The van der Waals surface area contributed by atoms with Gasteiger partial charge in [0.15, 0.2) is 11.6 Å². The summed E-state index contributed by atoms with van der Waals surface area (Å²) >= 11 is 0. The number of fused-ring (bicyclic) bond motifs is 1. The molecule has 0 aliphatic heterocycles. The second-order valence-electron chi connectivity index (χ2n) is 7.12. The van der Waals surface area contributed by atoms with Crippen LogP contribution in [0, 0.1) is 5.82 Å². The highest BCUT2D eigenvalue weighted by atomic mass is 19.1. The Kier molecular flexibility index (Phi) is 4.61. The van der Waals surface area contributed by atoms with Crippen LogP contribution in [0.2, 0.25) is 0 Å². The minimum Gasteiger partial charge on any atom is -0.336 e. The van der Waals surface area contributed by atoms with E-state index in [0.717, 1.165) is 11.1 Å². The van der Waals surface area contributed by atoms with Gasteiger partial charge in [-0.3, -0.25) is 9.97 Å². The van der Waals surface area contributed by atoms with Crippen molar-refractivity contribution in [2.75, 3.05) is 5.32 Å². The highest BCUT2D eigenvalue weighted by molar-refractivity contribution is 5.78. The molecule has 0 saturated heterocycles. The Morgan fingerprint density at radius 3 is 2.83 bits per heavy atom. The summed E-state index contributed by atoms with van der Waals surface area (Å²) in [6.07, 6.45) is 10.0. The molecular formula is C21H20FN7. The van der Waals surface area contributed by atoms with Gasteiger partial charge in [0.1, 0.15) is 11.2 Å². The van der Waals surface area contributed by atoms with E-state index in [4.69, 9.17) is 0 Å². The van der Waals surface area contributed by atoms with Crippen LogP contribution in [0.15, 0.2) is 55.1 Å². The molecular weight excluding hydrogens is 369 g/mol. The molecule has 7 nitrogen and oxygen atoms in total. The lowest BCUT2D eigenvalue weighted by atomic mass is 9.93. The molecule has 0 atom stereocenters. The first-order valence-electron chi connectivity index (χ1n) is 9.67. The van der Waals surface area contributed by atoms with Crippen LogP contribution < -0.4 is 10.6 Å². The maximum atomic E-state index is 14.2. The van der Waals surface area contributed by atoms with E-state index in [0.29, 0.717) is 35.6 Å². The number of nitrogens with one attached hydrogen (secondary N) is 2. The third-order valence-electron chi connectivity index (χ3n) is 5.20. The molecule has 0 bridgehead atoms. The molecule has 0 radical (unpaired) electrons. The first kappa shape index (κ1) is 17.7. The predicted molar refractivity (Wildman–Crippen MR) is 108 cm³/mol. The van der Waals surface area contributed by atoms with E-state index in [9.17, 15) is 4.39 Å². The molecule has 0 unspecified atom stereocenters. The number of rotatable bonds is 6. The van der Waals surface area contributed by atoms with Crippen molar-refractivity contribution < 1.29 is 4.39 Å². The minimum atomic E-state index is -0.440. The Labute approximate surface area is 167 Å². The molecule has 29 heavy (non-hydrogen) atoms. The minimum absolute atomic E-state index is 0.312. The zero-order valence-electron chi connectivity index (χ0n) is 15.7. The number of halogens is 1. The van der Waals surface area contributed by atoms with Crippen molar-refractivity contribution in [2.45, 2.75) is 31.8 Å². The second-order valence-corrected chi connectivity index (χ2v) is 7.12. The molecule has 4 aromatic rings. The van der Waals surface area contributed by atoms with Gasteiger partial charge in [-0.05, 0) is 42.7 Å². The van der Waals surface area contributed by atoms with Gasteiger partial charge in [-0.15, -0.1) is 5.10 Å². The lowest BCUT2D eigenvalue weighted by Gasteiger charge is -2.26. The number of aromatic nitrogens is 5. The van der Waals surface area contributed by atoms with Gasteiger partial charge in [0.2, 0.25) is 5.82 Å². The highest BCUT2D eigenvalue weighted by Crippen LogP contribution is 2.27. The zero-order chi connectivity index (χ0) is 19.6. The standard InChI is InChI=1S/C21H20FN7/c22-16-13-23-10-7-17(16)26-21-19-14(12-25-15-4-3-5-15)8-11-29(19)28-20(27-21)18-6-1-2-9-24-18/h1-2,6-11,13,15,25H,3-5,12H2,(H,23,26,27,28). The normalized spacial score (nSPS) is 14.1. The first-order valence-corrected chi connectivity index (χ1v) is 9.67. The molecule has 2 N–H and O–H groups in total. The fourth-order valence-corrected chi connectivity index (χ4v) is 3.39. The van der Waals surface area contributed by atoms with E-state index in [1.165, 1.54) is 25.5 Å².